The van der Waals surface area contributed by atoms with Gasteiger partial charge in [-0.2, -0.15) is 0 Å². The molecular formula is C26H43N3O5. The third kappa shape index (κ3) is 10.5. The molecule has 8 nitrogen and oxygen atoms in total. The average Bonchev–Trinajstić information content (AvgIpc) is 3.27. The number of allylic oxidation sites excluding steroid dienone is 1. The number of hydrogen-bond acceptors (Lipinski definition) is 5. The minimum atomic E-state index is -0.881. The standard InChI is InChI=1S/C26H43N3O5/c1-6-11-20(12-9-14-24(31)34-8-3)18-23(30)28-21(7-2)26(33)29-17-10-13-22(29)25(32)27-16-15-19(4)5/h7,9,14,19-22H,2,6,8,10-13,15-18H2,1,3-5H3,(H,27,32)(H,28,30)/b14-9+/t20?,21-,22-/m0/s1. The highest BCUT2D eigenvalue weighted by Crippen LogP contribution is 2.20. The van der Waals surface area contributed by atoms with Crippen LogP contribution in [-0.4, -0.2) is 60.4 Å². The van der Waals surface area contributed by atoms with E-state index in [0.717, 1.165) is 25.7 Å². The first kappa shape index (κ1) is 29.4. The van der Waals surface area contributed by atoms with Crippen LogP contribution in [0.3, 0.4) is 0 Å². The molecule has 0 spiro atoms. The van der Waals surface area contributed by atoms with Gasteiger partial charge in [0.2, 0.25) is 17.7 Å². The first-order valence-electron chi connectivity index (χ1n) is 12.6. The highest BCUT2D eigenvalue weighted by Gasteiger charge is 2.36. The Labute approximate surface area is 204 Å². The van der Waals surface area contributed by atoms with Crippen molar-refractivity contribution in [3.63, 3.8) is 0 Å². The summed E-state index contributed by atoms with van der Waals surface area (Å²) in [5.74, 6) is -0.566. The van der Waals surface area contributed by atoms with Gasteiger partial charge >= 0.3 is 5.97 Å². The van der Waals surface area contributed by atoms with Crippen LogP contribution in [0.2, 0.25) is 0 Å². The molecule has 0 aliphatic carbocycles. The van der Waals surface area contributed by atoms with Crippen molar-refractivity contribution in [1.29, 1.82) is 0 Å². The van der Waals surface area contributed by atoms with E-state index >= 15 is 0 Å². The fourth-order valence-electron chi connectivity index (χ4n) is 4.06. The van der Waals surface area contributed by atoms with Crippen LogP contribution in [0.25, 0.3) is 0 Å². The molecule has 8 heteroatoms. The van der Waals surface area contributed by atoms with E-state index in [1.165, 1.54) is 12.2 Å². The predicted octanol–water partition coefficient (Wildman–Crippen LogP) is 3.13. The number of rotatable bonds is 15. The number of hydrogen-bond donors (Lipinski definition) is 2. The van der Waals surface area contributed by atoms with Crippen molar-refractivity contribution in [2.75, 3.05) is 19.7 Å². The number of carbonyl (C=O) groups is 4. The lowest BCUT2D eigenvalue weighted by Gasteiger charge is -2.28. The van der Waals surface area contributed by atoms with Gasteiger partial charge in [0.1, 0.15) is 12.1 Å². The summed E-state index contributed by atoms with van der Waals surface area (Å²) in [5, 5.41) is 5.70. The van der Waals surface area contributed by atoms with Crippen LogP contribution in [0.5, 0.6) is 0 Å². The maximum atomic E-state index is 13.1. The Morgan fingerprint density at radius 3 is 2.53 bits per heavy atom. The molecule has 3 amide bonds. The van der Waals surface area contributed by atoms with Crippen molar-refractivity contribution in [1.82, 2.24) is 15.5 Å². The maximum Gasteiger partial charge on any atom is 0.330 e. The van der Waals surface area contributed by atoms with E-state index < -0.39 is 18.1 Å². The molecule has 0 radical (unpaired) electrons. The molecule has 1 saturated heterocycles. The Morgan fingerprint density at radius 2 is 1.91 bits per heavy atom. The first-order valence-corrected chi connectivity index (χ1v) is 12.6. The van der Waals surface area contributed by atoms with Gasteiger partial charge in [-0.25, -0.2) is 4.79 Å². The van der Waals surface area contributed by atoms with Gasteiger partial charge in [-0.3, -0.25) is 14.4 Å². The summed E-state index contributed by atoms with van der Waals surface area (Å²) < 4.78 is 4.88. The average molecular weight is 478 g/mol. The van der Waals surface area contributed by atoms with Crippen molar-refractivity contribution in [3.8, 4) is 0 Å². The van der Waals surface area contributed by atoms with E-state index in [2.05, 4.69) is 31.1 Å². The molecule has 2 N–H and O–H groups in total. The van der Waals surface area contributed by atoms with Crippen LogP contribution < -0.4 is 10.6 Å². The Morgan fingerprint density at radius 1 is 1.18 bits per heavy atom. The number of likely N-dealkylation sites (tertiary alicyclic amines) is 1. The topological polar surface area (TPSA) is 105 Å². The van der Waals surface area contributed by atoms with Gasteiger partial charge in [0, 0.05) is 25.6 Å². The van der Waals surface area contributed by atoms with E-state index in [1.54, 1.807) is 17.9 Å². The lowest BCUT2D eigenvalue weighted by molar-refractivity contribution is -0.140. The Bertz CT molecular complexity index is 719. The van der Waals surface area contributed by atoms with Crippen molar-refractivity contribution in [2.24, 2.45) is 11.8 Å². The van der Waals surface area contributed by atoms with E-state index in [9.17, 15) is 19.2 Å². The van der Waals surface area contributed by atoms with Gasteiger partial charge in [0.15, 0.2) is 0 Å². The monoisotopic (exact) mass is 477 g/mol. The lowest BCUT2D eigenvalue weighted by atomic mass is 9.95. The summed E-state index contributed by atoms with van der Waals surface area (Å²) in [6.45, 7) is 13.1. The maximum absolute atomic E-state index is 13.1. The fraction of sp³-hybridized carbons (Fsp3) is 0.692. The van der Waals surface area contributed by atoms with E-state index in [-0.39, 0.29) is 30.1 Å². The van der Waals surface area contributed by atoms with Crippen molar-refractivity contribution in [3.05, 3.63) is 24.8 Å². The molecule has 192 valence electrons. The second-order valence-electron chi connectivity index (χ2n) is 9.19. The van der Waals surface area contributed by atoms with E-state index in [0.29, 0.717) is 38.5 Å². The molecule has 34 heavy (non-hydrogen) atoms. The highest BCUT2D eigenvalue weighted by molar-refractivity contribution is 5.93. The third-order valence-electron chi connectivity index (χ3n) is 5.86. The SMILES string of the molecule is C=C[C@H](NC(=O)CC(C/C=C/C(=O)OCC)CCC)C(=O)N1CCC[C@H]1C(=O)NCCC(C)C. The number of amides is 3. The molecular weight excluding hydrogens is 434 g/mol. The molecule has 3 atom stereocenters. The summed E-state index contributed by atoms with van der Waals surface area (Å²) in [6, 6.07) is -1.39. The molecule has 1 fully saturated rings. The van der Waals surface area contributed by atoms with Crippen LogP contribution >= 0.6 is 0 Å². The number of carbonyl (C=O) groups excluding carboxylic acids is 4. The molecule has 1 aliphatic heterocycles. The summed E-state index contributed by atoms with van der Waals surface area (Å²) in [6.07, 6.45) is 9.30. The quantitative estimate of drug-likeness (QED) is 0.214. The van der Waals surface area contributed by atoms with Crippen LogP contribution in [-0.2, 0) is 23.9 Å². The normalized spacial score (nSPS) is 17.4. The van der Waals surface area contributed by atoms with Crippen LogP contribution in [0.15, 0.2) is 24.8 Å². The predicted molar refractivity (Wildman–Crippen MR) is 133 cm³/mol. The summed E-state index contributed by atoms with van der Waals surface area (Å²) in [4.78, 5) is 51.5. The zero-order valence-corrected chi connectivity index (χ0v) is 21.3. The zero-order chi connectivity index (χ0) is 25.5. The number of nitrogens with one attached hydrogen (secondary N) is 2. The van der Waals surface area contributed by atoms with Gasteiger partial charge in [0.05, 0.1) is 6.61 Å². The van der Waals surface area contributed by atoms with Gasteiger partial charge in [-0.15, -0.1) is 6.58 Å². The molecule has 0 bridgehead atoms. The van der Waals surface area contributed by atoms with Crippen LogP contribution in [0.4, 0.5) is 0 Å². The van der Waals surface area contributed by atoms with E-state index in [1.807, 2.05) is 6.92 Å². The second-order valence-corrected chi connectivity index (χ2v) is 9.19. The van der Waals surface area contributed by atoms with E-state index in [4.69, 9.17) is 4.74 Å². The smallest absolute Gasteiger partial charge is 0.330 e. The van der Waals surface area contributed by atoms with Gasteiger partial charge < -0.3 is 20.3 Å². The Balaban J connectivity index is 2.67. The fourth-order valence-corrected chi connectivity index (χ4v) is 4.06. The molecule has 0 aromatic carbocycles. The number of esters is 1. The lowest BCUT2D eigenvalue weighted by Crippen LogP contribution is -2.53. The first-order chi connectivity index (χ1) is 16.2. The van der Waals surface area contributed by atoms with Crippen LogP contribution in [0, 0.1) is 11.8 Å². The van der Waals surface area contributed by atoms with Crippen molar-refractivity contribution in [2.45, 2.75) is 84.7 Å². The third-order valence-corrected chi connectivity index (χ3v) is 5.86. The summed E-state index contributed by atoms with van der Waals surface area (Å²) in [5.41, 5.74) is 0. The molecule has 1 heterocycles. The van der Waals surface area contributed by atoms with Crippen molar-refractivity contribution < 1.29 is 23.9 Å². The van der Waals surface area contributed by atoms with Gasteiger partial charge in [-0.05, 0) is 50.9 Å². The Kier molecular flexibility index (Phi) is 13.9. The van der Waals surface area contributed by atoms with Crippen LogP contribution in [0.1, 0.15) is 72.6 Å². The molecule has 0 aromatic heterocycles. The second kappa shape index (κ2) is 16.1. The molecule has 0 saturated carbocycles. The largest absolute Gasteiger partial charge is 0.463 e. The molecule has 1 unspecified atom stereocenters. The number of nitrogens with zero attached hydrogens (tertiary/aromatic N) is 1. The van der Waals surface area contributed by atoms with Crippen molar-refractivity contribution >= 4 is 23.7 Å². The Hall–Kier alpha value is -2.64. The minimum absolute atomic E-state index is 0.0440. The number of ether oxygens (including phenoxy) is 1. The molecule has 0 aromatic rings. The van der Waals surface area contributed by atoms with Gasteiger partial charge in [0.25, 0.3) is 0 Å². The highest BCUT2D eigenvalue weighted by atomic mass is 16.5. The zero-order valence-electron chi connectivity index (χ0n) is 21.3. The molecule has 1 rings (SSSR count). The minimum Gasteiger partial charge on any atom is -0.463 e. The summed E-state index contributed by atoms with van der Waals surface area (Å²) in [7, 11) is 0. The summed E-state index contributed by atoms with van der Waals surface area (Å²) >= 11 is 0. The molecule has 1 aliphatic rings. The van der Waals surface area contributed by atoms with Gasteiger partial charge in [-0.1, -0.05) is 39.3 Å².